The highest BCUT2D eigenvalue weighted by Crippen LogP contribution is 2.26. The number of hydrogen-bond acceptors (Lipinski definition) is 5. The van der Waals surface area contributed by atoms with Gasteiger partial charge >= 0.3 is 12.0 Å². The summed E-state index contributed by atoms with van der Waals surface area (Å²) in [5, 5.41) is 12.4. The summed E-state index contributed by atoms with van der Waals surface area (Å²) < 4.78 is 0.983. The Morgan fingerprint density at radius 2 is 2.19 bits per heavy atom. The van der Waals surface area contributed by atoms with Crippen LogP contribution in [0.4, 0.5) is 9.93 Å². The number of aliphatic carboxylic acids is 1. The van der Waals surface area contributed by atoms with Crippen molar-refractivity contribution in [2.75, 3.05) is 23.4 Å². The highest BCUT2D eigenvalue weighted by atomic mass is 32.2. The van der Waals surface area contributed by atoms with Crippen LogP contribution in [0.2, 0.25) is 0 Å². The predicted octanol–water partition coefficient (Wildman–Crippen LogP) is 2.33. The molecule has 2 heterocycles. The normalized spacial score (nSPS) is 18.7. The van der Waals surface area contributed by atoms with Crippen LogP contribution in [0.25, 0.3) is 10.2 Å². The van der Waals surface area contributed by atoms with E-state index in [1.807, 2.05) is 24.3 Å². The van der Waals surface area contributed by atoms with E-state index < -0.39 is 18.0 Å². The van der Waals surface area contributed by atoms with Crippen molar-refractivity contribution in [2.45, 2.75) is 6.04 Å². The lowest BCUT2D eigenvalue weighted by atomic mass is 10.3. The highest BCUT2D eigenvalue weighted by Gasteiger charge is 2.32. The predicted molar refractivity (Wildman–Crippen MR) is 84.1 cm³/mol. The fraction of sp³-hybridized carbons (Fsp3) is 0.308. The zero-order chi connectivity index (χ0) is 14.8. The van der Waals surface area contributed by atoms with Gasteiger partial charge in [-0.3, -0.25) is 5.32 Å². The molecule has 2 amide bonds. The van der Waals surface area contributed by atoms with Crippen molar-refractivity contribution in [1.82, 2.24) is 9.88 Å². The lowest BCUT2D eigenvalue weighted by Gasteiger charge is -2.32. The molecule has 1 aromatic carbocycles. The molecular weight excluding hydrogens is 310 g/mol. The van der Waals surface area contributed by atoms with Crippen LogP contribution in [-0.2, 0) is 4.79 Å². The molecule has 1 aliphatic rings. The van der Waals surface area contributed by atoms with Gasteiger partial charge in [0.25, 0.3) is 0 Å². The van der Waals surface area contributed by atoms with Gasteiger partial charge in [-0.15, -0.1) is 0 Å². The standard InChI is InChI=1S/C13H13N3O3S2/c17-11(18)9-7-20-6-5-16(9)13(19)15-12-14-8-3-1-2-4-10(8)21-12/h1-4,9H,5-7H2,(H,17,18)(H,14,15,19). The Hall–Kier alpha value is -1.80. The lowest BCUT2D eigenvalue weighted by molar-refractivity contribution is -0.141. The second-order valence-corrected chi connectivity index (χ2v) is 6.72. The molecule has 6 nitrogen and oxygen atoms in total. The Morgan fingerprint density at radius 1 is 1.38 bits per heavy atom. The molecule has 0 bridgehead atoms. The number of urea groups is 1. The minimum atomic E-state index is -0.971. The van der Waals surface area contributed by atoms with E-state index in [-0.39, 0.29) is 0 Å². The molecule has 110 valence electrons. The number of benzene rings is 1. The smallest absolute Gasteiger partial charge is 0.327 e. The first-order valence-electron chi connectivity index (χ1n) is 6.39. The number of hydrogen-bond donors (Lipinski definition) is 2. The summed E-state index contributed by atoms with van der Waals surface area (Å²) in [4.78, 5) is 29.2. The van der Waals surface area contributed by atoms with E-state index in [4.69, 9.17) is 0 Å². The van der Waals surface area contributed by atoms with Crippen molar-refractivity contribution in [2.24, 2.45) is 0 Å². The van der Waals surface area contributed by atoms with Crippen LogP contribution in [0.1, 0.15) is 0 Å². The zero-order valence-corrected chi connectivity index (χ0v) is 12.6. The van der Waals surface area contributed by atoms with Crippen LogP contribution in [-0.4, -0.2) is 51.1 Å². The summed E-state index contributed by atoms with van der Waals surface area (Å²) >= 11 is 2.92. The van der Waals surface area contributed by atoms with Gasteiger partial charge < -0.3 is 10.0 Å². The topological polar surface area (TPSA) is 82.5 Å². The molecule has 0 spiro atoms. The fourth-order valence-electron chi connectivity index (χ4n) is 2.14. The third kappa shape index (κ3) is 2.96. The number of fused-ring (bicyclic) bond motifs is 1. The van der Waals surface area contributed by atoms with Crippen molar-refractivity contribution in [3.8, 4) is 0 Å². The first-order chi connectivity index (χ1) is 10.1. The van der Waals surface area contributed by atoms with Gasteiger partial charge in [0.2, 0.25) is 0 Å². The van der Waals surface area contributed by atoms with Gasteiger partial charge in [-0.2, -0.15) is 11.8 Å². The second kappa shape index (κ2) is 5.90. The number of anilines is 1. The molecule has 0 radical (unpaired) electrons. The summed E-state index contributed by atoms with van der Waals surface area (Å²) in [6.45, 7) is 0.429. The number of thioether (sulfide) groups is 1. The Labute approximate surface area is 129 Å². The van der Waals surface area contributed by atoms with E-state index in [0.717, 1.165) is 16.0 Å². The third-order valence-electron chi connectivity index (χ3n) is 3.18. The maximum Gasteiger partial charge on any atom is 0.327 e. The summed E-state index contributed by atoms with van der Waals surface area (Å²) in [7, 11) is 0. The van der Waals surface area contributed by atoms with Gasteiger partial charge in [-0.1, -0.05) is 23.5 Å². The Bertz CT molecular complexity index is 655. The quantitative estimate of drug-likeness (QED) is 0.886. The Kier molecular flexibility index (Phi) is 3.98. The number of carbonyl (C=O) groups excluding carboxylic acids is 1. The summed E-state index contributed by atoms with van der Waals surface area (Å²) in [6.07, 6.45) is 0. The first kappa shape index (κ1) is 14.2. The molecule has 21 heavy (non-hydrogen) atoms. The monoisotopic (exact) mass is 323 g/mol. The highest BCUT2D eigenvalue weighted by molar-refractivity contribution is 7.99. The molecular formula is C13H13N3O3S2. The van der Waals surface area contributed by atoms with Crippen LogP contribution >= 0.6 is 23.1 Å². The number of thiazole rings is 1. The average molecular weight is 323 g/mol. The van der Waals surface area contributed by atoms with Gasteiger partial charge in [0.1, 0.15) is 6.04 Å². The van der Waals surface area contributed by atoms with E-state index in [1.54, 1.807) is 11.8 Å². The number of nitrogens with zero attached hydrogens (tertiary/aromatic N) is 2. The molecule has 1 atom stereocenters. The number of carboxylic acid groups (broad SMARTS) is 1. The summed E-state index contributed by atoms with van der Waals surface area (Å²) in [6, 6.07) is 6.42. The lowest BCUT2D eigenvalue weighted by Crippen LogP contribution is -2.51. The van der Waals surface area contributed by atoms with E-state index in [0.29, 0.717) is 17.4 Å². The van der Waals surface area contributed by atoms with E-state index in [1.165, 1.54) is 16.2 Å². The third-order valence-corrected chi connectivity index (χ3v) is 5.16. The molecule has 1 aromatic heterocycles. The van der Waals surface area contributed by atoms with Gasteiger partial charge in [-0.25, -0.2) is 14.6 Å². The molecule has 1 saturated heterocycles. The van der Waals surface area contributed by atoms with Crippen molar-refractivity contribution in [1.29, 1.82) is 0 Å². The van der Waals surface area contributed by atoms with Gasteiger partial charge in [0.05, 0.1) is 10.2 Å². The maximum atomic E-state index is 12.3. The molecule has 8 heteroatoms. The number of nitrogens with one attached hydrogen (secondary N) is 1. The maximum absolute atomic E-state index is 12.3. The van der Waals surface area contributed by atoms with Crippen molar-refractivity contribution in [3.63, 3.8) is 0 Å². The molecule has 0 aliphatic carbocycles. The summed E-state index contributed by atoms with van der Waals surface area (Å²) in [5.41, 5.74) is 0.821. The minimum absolute atomic E-state index is 0.401. The van der Waals surface area contributed by atoms with Gasteiger partial charge in [0.15, 0.2) is 5.13 Å². The molecule has 3 rings (SSSR count). The number of aromatic nitrogens is 1. The molecule has 2 aromatic rings. The van der Waals surface area contributed by atoms with Crippen LogP contribution in [0.5, 0.6) is 0 Å². The number of carbonyl (C=O) groups is 2. The van der Waals surface area contributed by atoms with E-state index in [2.05, 4.69) is 10.3 Å². The van der Waals surface area contributed by atoms with E-state index >= 15 is 0 Å². The second-order valence-electron chi connectivity index (χ2n) is 4.54. The Morgan fingerprint density at radius 3 is 2.95 bits per heavy atom. The fourth-order valence-corrected chi connectivity index (χ4v) is 4.03. The largest absolute Gasteiger partial charge is 0.480 e. The van der Waals surface area contributed by atoms with Crippen molar-refractivity contribution < 1.29 is 14.7 Å². The molecule has 1 fully saturated rings. The number of rotatable bonds is 2. The minimum Gasteiger partial charge on any atom is -0.480 e. The van der Waals surface area contributed by atoms with E-state index in [9.17, 15) is 14.7 Å². The molecule has 1 unspecified atom stereocenters. The van der Waals surface area contributed by atoms with Gasteiger partial charge in [-0.05, 0) is 12.1 Å². The average Bonchev–Trinajstić information content (AvgIpc) is 2.89. The molecule has 2 N–H and O–H groups in total. The zero-order valence-electron chi connectivity index (χ0n) is 11.0. The van der Waals surface area contributed by atoms with Crippen LogP contribution in [0.15, 0.2) is 24.3 Å². The number of amides is 2. The van der Waals surface area contributed by atoms with Crippen LogP contribution < -0.4 is 5.32 Å². The molecule has 1 aliphatic heterocycles. The van der Waals surface area contributed by atoms with Crippen molar-refractivity contribution in [3.05, 3.63) is 24.3 Å². The van der Waals surface area contributed by atoms with Crippen LogP contribution in [0, 0.1) is 0 Å². The molecule has 0 saturated carbocycles. The van der Waals surface area contributed by atoms with Crippen LogP contribution in [0.3, 0.4) is 0 Å². The number of para-hydroxylation sites is 1. The van der Waals surface area contributed by atoms with Gasteiger partial charge in [0, 0.05) is 18.1 Å². The first-order valence-corrected chi connectivity index (χ1v) is 8.36. The summed E-state index contributed by atoms with van der Waals surface area (Å²) in [5.74, 6) is 0.196. The SMILES string of the molecule is O=C(O)C1CSCCN1C(=O)Nc1nc2ccccc2s1. The van der Waals surface area contributed by atoms with Crippen molar-refractivity contribution >= 4 is 50.4 Å². The Balaban J connectivity index is 1.76. The number of carboxylic acids is 1.